The normalized spacial score (nSPS) is 27.4. The molecule has 0 spiro atoms. The number of allylic oxidation sites excluding steroid dienone is 2. The zero-order chi connectivity index (χ0) is 12.1. The number of hydrogen-bond donors (Lipinski definition) is 1. The Bertz CT molecular complexity index is 303. The van der Waals surface area contributed by atoms with Crippen molar-refractivity contribution >= 4 is 0 Å². The maximum atomic E-state index is 10.3. The van der Waals surface area contributed by atoms with Gasteiger partial charge in [-0.05, 0) is 62.5 Å². The molecular formula is C16H26O. The molecular weight excluding hydrogens is 208 g/mol. The second-order valence-electron chi connectivity index (χ2n) is 5.51. The van der Waals surface area contributed by atoms with Gasteiger partial charge in [0.05, 0.1) is 6.10 Å². The highest BCUT2D eigenvalue weighted by Crippen LogP contribution is 2.38. The molecule has 1 heteroatoms. The molecule has 0 aliphatic heterocycles. The van der Waals surface area contributed by atoms with E-state index in [1.807, 2.05) is 0 Å². The maximum Gasteiger partial charge on any atom is 0.0963 e. The predicted octanol–water partition coefficient (Wildman–Crippen LogP) is 4.52. The van der Waals surface area contributed by atoms with Crippen LogP contribution in [0.4, 0.5) is 0 Å². The zero-order valence-corrected chi connectivity index (χ0v) is 11.2. The first kappa shape index (κ1) is 12.9. The fraction of sp³-hybridized carbons (Fsp3) is 0.750. The average Bonchev–Trinajstić information content (AvgIpc) is 2.95. The molecule has 1 atom stereocenters. The van der Waals surface area contributed by atoms with Crippen LogP contribution in [0.5, 0.6) is 0 Å². The van der Waals surface area contributed by atoms with Gasteiger partial charge in [-0.2, -0.15) is 0 Å². The van der Waals surface area contributed by atoms with Gasteiger partial charge >= 0.3 is 0 Å². The lowest BCUT2D eigenvalue weighted by Crippen LogP contribution is -2.07. The standard InChI is InChI=1S/C16H26O/c1-2-3-4-5-10-14-11-12-15(16(14)17)13-8-6-7-9-13/h10,16-17H,2-9,11-12H2,1H3. The van der Waals surface area contributed by atoms with E-state index in [1.54, 1.807) is 5.57 Å². The lowest BCUT2D eigenvalue weighted by molar-refractivity contribution is 0.253. The molecule has 0 bridgehead atoms. The van der Waals surface area contributed by atoms with Crippen LogP contribution in [0.15, 0.2) is 22.8 Å². The number of rotatable bonds is 4. The Morgan fingerprint density at radius 1 is 1.12 bits per heavy atom. The number of aliphatic hydroxyl groups is 1. The van der Waals surface area contributed by atoms with Crippen LogP contribution in [0.25, 0.3) is 0 Å². The lowest BCUT2D eigenvalue weighted by Gasteiger charge is -2.10. The Morgan fingerprint density at radius 2 is 1.88 bits per heavy atom. The molecule has 2 aliphatic rings. The average molecular weight is 234 g/mol. The molecule has 2 fully saturated rings. The molecule has 17 heavy (non-hydrogen) atoms. The van der Waals surface area contributed by atoms with Gasteiger partial charge < -0.3 is 5.11 Å². The monoisotopic (exact) mass is 234 g/mol. The van der Waals surface area contributed by atoms with Gasteiger partial charge in [-0.3, -0.25) is 0 Å². The van der Waals surface area contributed by atoms with E-state index < -0.39 is 0 Å². The van der Waals surface area contributed by atoms with E-state index in [4.69, 9.17) is 0 Å². The van der Waals surface area contributed by atoms with Crippen molar-refractivity contribution in [2.24, 2.45) is 0 Å². The SMILES string of the molecule is CCCCCC=C1CCC(=C2CCCC2)C1O. The molecule has 0 aromatic rings. The first-order chi connectivity index (χ1) is 8.33. The molecule has 96 valence electrons. The summed E-state index contributed by atoms with van der Waals surface area (Å²) in [5, 5.41) is 10.3. The summed E-state index contributed by atoms with van der Waals surface area (Å²) in [6.07, 6.45) is 14.5. The van der Waals surface area contributed by atoms with Gasteiger partial charge in [-0.1, -0.05) is 31.4 Å². The fourth-order valence-electron chi connectivity index (χ4n) is 3.16. The molecule has 0 radical (unpaired) electrons. The summed E-state index contributed by atoms with van der Waals surface area (Å²) in [4.78, 5) is 0. The molecule has 1 nitrogen and oxygen atoms in total. The van der Waals surface area contributed by atoms with Crippen LogP contribution in [-0.4, -0.2) is 11.2 Å². The molecule has 0 saturated heterocycles. The quantitative estimate of drug-likeness (QED) is 0.560. The molecule has 2 aliphatic carbocycles. The van der Waals surface area contributed by atoms with E-state index in [2.05, 4.69) is 13.0 Å². The Balaban J connectivity index is 1.92. The highest BCUT2D eigenvalue weighted by atomic mass is 16.3. The Labute approximate surface area is 106 Å². The molecule has 1 unspecified atom stereocenters. The van der Waals surface area contributed by atoms with Crippen LogP contribution in [-0.2, 0) is 0 Å². The fourth-order valence-corrected chi connectivity index (χ4v) is 3.16. The second-order valence-corrected chi connectivity index (χ2v) is 5.51. The van der Waals surface area contributed by atoms with Gasteiger partial charge in [0.25, 0.3) is 0 Å². The molecule has 0 amide bonds. The second kappa shape index (κ2) is 6.39. The van der Waals surface area contributed by atoms with Gasteiger partial charge in [-0.25, -0.2) is 0 Å². The van der Waals surface area contributed by atoms with Gasteiger partial charge in [0.15, 0.2) is 0 Å². The van der Waals surface area contributed by atoms with Gasteiger partial charge in [-0.15, -0.1) is 0 Å². The highest BCUT2D eigenvalue weighted by Gasteiger charge is 2.27. The summed E-state index contributed by atoms with van der Waals surface area (Å²) in [5.74, 6) is 0. The molecule has 1 N–H and O–H groups in total. The van der Waals surface area contributed by atoms with Crippen LogP contribution < -0.4 is 0 Å². The first-order valence-electron chi connectivity index (χ1n) is 7.40. The minimum Gasteiger partial charge on any atom is -0.384 e. The van der Waals surface area contributed by atoms with Crippen molar-refractivity contribution < 1.29 is 5.11 Å². The summed E-state index contributed by atoms with van der Waals surface area (Å²) in [6.45, 7) is 2.24. The number of unbranched alkanes of at least 4 members (excludes halogenated alkanes) is 3. The number of hydrogen-bond acceptors (Lipinski definition) is 1. The molecule has 2 rings (SSSR count). The van der Waals surface area contributed by atoms with Crippen molar-refractivity contribution in [2.45, 2.75) is 77.2 Å². The summed E-state index contributed by atoms with van der Waals surface area (Å²) in [6, 6.07) is 0. The van der Waals surface area contributed by atoms with Crippen molar-refractivity contribution in [2.75, 3.05) is 0 Å². The van der Waals surface area contributed by atoms with E-state index in [0.717, 1.165) is 19.3 Å². The topological polar surface area (TPSA) is 20.2 Å². The summed E-state index contributed by atoms with van der Waals surface area (Å²) in [7, 11) is 0. The van der Waals surface area contributed by atoms with Crippen LogP contribution >= 0.6 is 0 Å². The Kier molecular flexibility index (Phi) is 4.85. The van der Waals surface area contributed by atoms with Crippen LogP contribution in [0, 0.1) is 0 Å². The van der Waals surface area contributed by atoms with E-state index >= 15 is 0 Å². The molecule has 0 aromatic heterocycles. The molecule has 0 heterocycles. The zero-order valence-electron chi connectivity index (χ0n) is 11.2. The molecule has 2 saturated carbocycles. The maximum absolute atomic E-state index is 10.3. The summed E-state index contributed by atoms with van der Waals surface area (Å²) >= 11 is 0. The van der Waals surface area contributed by atoms with Crippen LogP contribution in [0.2, 0.25) is 0 Å². The third-order valence-electron chi connectivity index (χ3n) is 4.24. The van der Waals surface area contributed by atoms with Gasteiger partial charge in [0.1, 0.15) is 0 Å². The number of aliphatic hydroxyl groups excluding tert-OH is 1. The van der Waals surface area contributed by atoms with Crippen molar-refractivity contribution in [1.82, 2.24) is 0 Å². The smallest absolute Gasteiger partial charge is 0.0963 e. The van der Waals surface area contributed by atoms with Crippen molar-refractivity contribution in [3.63, 3.8) is 0 Å². The minimum atomic E-state index is -0.218. The van der Waals surface area contributed by atoms with Gasteiger partial charge in [0.2, 0.25) is 0 Å². The van der Waals surface area contributed by atoms with Crippen molar-refractivity contribution in [3.8, 4) is 0 Å². The minimum absolute atomic E-state index is 0.218. The van der Waals surface area contributed by atoms with Gasteiger partial charge in [0, 0.05) is 0 Å². The van der Waals surface area contributed by atoms with E-state index in [9.17, 15) is 5.11 Å². The van der Waals surface area contributed by atoms with E-state index in [1.165, 1.54) is 56.1 Å². The Hall–Kier alpha value is -0.560. The van der Waals surface area contributed by atoms with Crippen LogP contribution in [0.3, 0.4) is 0 Å². The van der Waals surface area contributed by atoms with E-state index in [-0.39, 0.29) is 6.10 Å². The van der Waals surface area contributed by atoms with Crippen molar-refractivity contribution in [1.29, 1.82) is 0 Å². The lowest BCUT2D eigenvalue weighted by atomic mass is 10.0. The predicted molar refractivity (Wildman–Crippen MR) is 73.0 cm³/mol. The third kappa shape index (κ3) is 3.22. The van der Waals surface area contributed by atoms with E-state index in [0.29, 0.717) is 0 Å². The summed E-state index contributed by atoms with van der Waals surface area (Å²) < 4.78 is 0. The largest absolute Gasteiger partial charge is 0.384 e. The molecule has 0 aromatic carbocycles. The van der Waals surface area contributed by atoms with Crippen molar-refractivity contribution in [3.05, 3.63) is 22.8 Å². The van der Waals surface area contributed by atoms with Crippen LogP contribution in [0.1, 0.15) is 71.1 Å². The summed E-state index contributed by atoms with van der Waals surface area (Å²) in [5.41, 5.74) is 4.26. The first-order valence-corrected chi connectivity index (χ1v) is 7.40. The Morgan fingerprint density at radius 3 is 2.59 bits per heavy atom. The third-order valence-corrected chi connectivity index (χ3v) is 4.24. The highest BCUT2D eigenvalue weighted by molar-refractivity contribution is 5.35.